The van der Waals surface area contributed by atoms with Gasteiger partial charge < -0.3 is 10.6 Å². The lowest BCUT2D eigenvalue weighted by Crippen LogP contribution is -2.32. The van der Waals surface area contributed by atoms with Crippen LogP contribution < -0.4 is 10.6 Å². The van der Waals surface area contributed by atoms with Gasteiger partial charge in [-0.15, -0.1) is 0 Å². The summed E-state index contributed by atoms with van der Waals surface area (Å²) in [5.74, 6) is 0.193. The Morgan fingerprint density at radius 2 is 2.05 bits per heavy atom. The van der Waals surface area contributed by atoms with Gasteiger partial charge in [0.25, 0.3) is 0 Å². The second-order valence-corrected chi connectivity index (χ2v) is 6.16. The first kappa shape index (κ1) is 14.1. The fourth-order valence-corrected chi connectivity index (χ4v) is 2.54. The van der Waals surface area contributed by atoms with E-state index in [0.29, 0.717) is 6.42 Å². The number of rotatable bonds is 3. The molecular weight excluding hydrogens is 236 g/mol. The summed E-state index contributed by atoms with van der Waals surface area (Å²) in [7, 11) is 1.84. The first-order valence-corrected chi connectivity index (χ1v) is 7.02. The predicted octanol–water partition coefficient (Wildman–Crippen LogP) is 3.03. The van der Waals surface area contributed by atoms with E-state index in [-0.39, 0.29) is 17.4 Å². The van der Waals surface area contributed by atoms with Crippen LogP contribution in [0.3, 0.4) is 0 Å². The SMILES string of the molecule is CCC(C)(C)C(N)c1ccc2c(c1)CCC(=O)N2C. The van der Waals surface area contributed by atoms with Gasteiger partial charge >= 0.3 is 0 Å². The van der Waals surface area contributed by atoms with Crippen molar-refractivity contribution >= 4 is 11.6 Å². The highest BCUT2D eigenvalue weighted by molar-refractivity contribution is 5.95. The number of benzene rings is 1. The molecular formula is C16H24N2O. The van der Waals surface area contributed by atoms with Gasteiger partial charge in [0.15, 0.2) is 0 Å². The Labute approximate surface area is 115 Å². The average Bonchev–Trinajstić information content (AvgIpc) is 2.41. The quantitative estimate of drug-likeness (QED) is 0.908. The molecule has 3 heteroatoms. The second kappa shape index (κ2) is 4.97. The van der Waals surface area contributed by atoms with Gasteiger partial charge in [-0.25, -0.2) is 0 Å². The highest BCUT2D eigenvalue weighted by atomic mass is 16.2. The Balaban J connectivity index is 2.35. The number of hydrogen-bond donors (Lipinski definition) is 1. The molecule has 19 heavy (non-hydrogen) atoms. The predicted molar refractivity (Wildman–Crippen MR) is 79.2 cm³/mol. The van der Waals surface area contributed by atoms with Crippen LogP contribution in [0.1, 0.15) is 50.8 Å². The minimum atomic E-state index is 0.0331. The number of nitrogens with zero attached hydrogens (tertiary/aromatic N) is 1. The number of aryl methyl sites for hydroxylation is 1. The van der Waals surface area contributed by atoms with Gasteiger partial charge in [-0.1, -0.05) is 32.9 Å². The van der Waals surface area contributed by atoms with Crippen molar-refractivity contribution in [3.05, 3.63) is 29.3 Å². The summed E-state index contributed by atoms with van der Waals surface area (Å²) in [6.07, 6.45) is 2.47. The van der Waals surface area contributed by atoms with Crippen LogP contribution in [0.2, 0.25) is 0 Å². The van der Waals surface area contributed by atoms with E-state index < -0.39 is 0 Å². The molecule has 0 fully saturated rings. The molecule has 0 radical (unpaired) electrons. The van der Waals surface area contributed by atoms with Gasteiger partial charge in [-0.2, -0.15) is 0 Å². The molecule has 3 nitrogen and oxygen atoms in total. The smallest absolute Gasteiger partial charge is 0.227 e. The lowest BCUT2D eigenvalue weighted by molar-refractivity contribution is -0.118. The topological polar surface area (TPSA) is 46.3 Å². The van der Waals surface area contributed by atoms with Crippen LogP contribution >= 0.6 is 0 Å². The fourth-order valence-electron chi connectivity index (χ4n) is 2.54. The number of hydrogen-bond acceptors (Lipinski definition) is 2. The molecule has 1 unspecified atom stereocenters. The zero-order valence-corrected chi connectivity index (χ0v) is 12.4. The third-order valence-corrected chi connectivity index (χ3v) is 4.56. The number of anilines is 1. The molecule has 1 aromatic carbocycles. The van der Waals surface area contributed by atoms with E-state index >= 15 is 0 Å². The molecule has 0 saturated heterocycles. The number of nitrogens with two attached hydrogens (primary N) is 1. The van der Waals surface area contributed by atoms with Crippen molar-refractivity contribution in [1.82, 2.24) is 0 Å². The Kier molecular flexibility index (Phi) is 3.68. The van der Waals surface area contributed by atoms with Crippen molar-refractivity contribution in [2.24, 2.45) is 11.1 Å². The summed E-state index contributed by atoms with van der Waals surface area (Å²) in [6.45, 7) is 6.57. The van der Waals surface area contributed by atoms with E-state index in [1.165, 1.54) is 11.1 Å². The minimum absolute atomic E-state index is 0.0331. The number of fused-ring (bicyclic) bond motifs is 1. The summed E-state index contributed by atoms with van der Waals surface area (Å²) in [4.78, 5) is 13.4. The molecule has 2 rings (SSSR count). The van der Waals surface area contributed by atoms with E-state index in [1.807, 2.05) is 13.1 Å². The van der Waals surface area contributed by atoms with Crippen LogP contribution in [0.15, 0.2) is 18.2 Å². The van der Waals surface area contributed by atoms with Crippen LogP contribution in [-0.4, -0.2) is 13.0 Å². The lowest BCUT2D eigenvalue weighted by atomic mass is 9.78. The summed E-state index contributed by atoms with van der Waals surface area (Å²) in [5, 5.41) is 0. The third kappa shape index (κ3) is 2.52. The molecule has 1 aliphatic rings. The molecule has 2 N–H and O–H groups in total. The summed E-state index contributed by atoms with van der Waals surface area (Å²) in [5.41, 5.74) is 9.93. The lowest BCUT2D eigenvalue weighted by Gasteiger charge is -2.32. The average molecular weight is 260 g/mol. The Morgan fingerprint density at radius 3 is 2.68 bits per heavy atom. The Hall–Kier alpha value is -1.35. The van der Waals surface area contributed by atoms with Crippen LogP contribution in [0.5, 0.6) is 0 Å². The van der Waals surface area contributed by atoms with E-state index in [4.69, 9.17) is 5.73 Å². The number of carbonyl (C=O) groups is 1. The van der Waals surface area contributed by atoms with Crippen molar-refractivity contribution < 1.29 is 4.79 Å². The van der Waals surface area contributed by atoms with Gasteiger partial charge in [0, 0.05) is 25.2 Å². The second-order valence-electron chi connectivity index (χ2n) is 6.16. The van der Waals surface area contributed by atoms with Gasteiger partial charge in [0.1, 0.15) is 0 Å². The first-order valence-electron chi connectivity index (χ1n) is 7.02. The molecule has 1 amide bonds. The Morgan fingerprint density at radius 1 is 1.37 bits per heavy atom. The molecule has 104 valence electrons. The van der Waals surface area contributed by atoms with Crippen molar-refractivity contribution in [1.29, 1.82) is 0 Å². The number of carbonyl (C=O) groups excluding carboxylic acids is 1. The fraction of sp³-hybridized carbons (Fsp3) is 0.562. The van der Waals surface area contributed by atoms with Crippen LogP contribution in [0.25, 0.3) is 0 Å². The molecule has 0 saturated carbocycles. The van der Waals surface area contributed by atoms with Crippen molar-refractivity contribution in [2.45, 2.75) is 46.1 Å². The van der Waals surface area contributed by atoms with Crippen molar-refractivity contribution in [3.8, 4) is 0 Å². The zero-order chi connectivity index (χ0) is 14.2. The van der Waals surface area contributed by atoms with Crippen molar-refractivity contribution in [2.75, 3.05) is 11.9 Å². The highest BCUT2D eigenvalue weighted by Gasteiger charge is 2.27. The Bertz CT molecular complexity index is 494. The maximum absolute atomic E-state index is 11.7. The molecule has 0 spiro atoms. The van der Waals surface area contributed by atoms with Gasteiger partial charge in [0.2, 0.25) is 5.91 Å². The number of amides is 1. The third-order valence-electron chi connectivity index (χ3n) is 4.56. The summed E-state index contributed by atoms with van der Waals surface area (Å²) in [6, 6.07) is 6.31. The van der Waals surface area contributed by atoms with Gasteiger partial charge in [-0.05, 0) is 35.4 Å². The molecule has 1 heterocycles. The molecule has 0 bridgehead atoms. The minimum Gasteiger partial charge on any atom is -0.324 e. The standard InChI is InChI=1S/C16H24N2O/c1-5-16(2,3)15(17)12-6-8-13-11(10-12)7-9-14(19)18(13)4/h6,8,10,15H,5,7,9,17H2,1-4H3. The molecule has 1 atom stereocenters. The van der Waals surface area contributed by atoms with Crippen LogP contribution in [-0.2, 0) is 11.2 Å². The zero-order valence-electron chi connectivity index (χ0n) is 12.4. The van der Waals surface area contributed by atoms with E-state index in [0.717, 1.165) is 18.5 Å². The van der Waals surface area contributed by atoms with E-state index in [1.54, 1.807) is 4.90 Å². The molecule has 1 aromatic rings. The molecule has 1 aliphatic heterocycles. The van der Waals surface area contributed by atoms with Gasteiger partial charge in [0.05, 0.1) is 0 Å². The maximum Gasteiger partial charge on any atom is 0.227 e. The molecule has 0 aromatic heterocycles. The van der Waals surface area contributed by atoms with E-state index in [2.05, 4.69) is 32.9 Å². The first-order chi connectivity index (χ1) is 8.86. The van der Waals surface area contributed by atoms with E-state index in [9.17, 15) is 4.79 Å². The monoisotopic (exact) mass is 260 g/mol. The normalized spacial score (nSPS) is 17.3. The van der Waals surface area contributed by atoms with Crippen LogP contribution in [0.4, 0.5) is 5.69 Å². The maximum atomic E-state index is 11.7. The van der Waals surface area contributed by atoms with Crippen LogP contribution in [0, 0.1) is 5.41 Å². The van der Waals surface area contributed by atoms with Crippen molar-refractivity contribution in [3.63, 3.8) is 0 Å². The molecule has 0 aliphatic carbocycles. The summed E-state index contributed by atoms with van der Waals surface area (Å²) < 4.78 is 0. The highest BCUT2D eigenvalue weighted by Crippen LogP contribution is 2.37. The summed E-state index contributed by atoms with van der Waals surface area (Å²) >= 11 is 0. The largest absolute Gasteiger partial charge is 0.324 e. The van der Waals surface area contributed by atoms with Gasteiger partial charge in [-0.3, -0.25) is 4.79 Å².